The Morgan fingerprint density at radius 2 is 1.88 bits per heavy atom. The zero-order valence-corrected chi connectivity index (χ0v) is 19.7. The van der Waals surface area contributed by atoms with Gasteiger partial charge < -0.3 is 4.74 Å². The van der Waals surface area contributed by atoms with Crippen LogP contribution in [0, 0.1) is 0 Å². The Labute approximate surface area is 198 Å². The van der Waals surface area contributed by atoms with Gasteiger partial charge in [-0.05, 0) is 67.9 Å². The van der Waals surface area contributed by atoms with Crippen molar-refractivity contribution in [1.29, 1.82) is 0 Å². The lowest BCUT2D eigenvalue weighted by molar-refractivity contribution is -0.137. The molecule has 0 radical (unpaired) electrons. The lowest BCUT2D eigenvalue weighted by Gasteiger charge is -2.31. The minimum Gasteiger partial charge on any atom is -0.490 e. The molecule has 0 bridgehead atoms. The van der Waals surface area contributed by atoms with Crippen molar-refractivity contribution in [3.63, 3.8) is 0 Å². The SMILES string of the molecule is C=CCN(C)CC=CCOc1ccc2c(c1)CCCN2S(=O)(=O)Nc1ccc(C(F)(F)F)cc1. The molecular formula is C24H28F3N3O3S. The Bertz CT molecular complexity index is 1120. The van der Waals surface area contributed by atoms with E-state index in [1.807, 2.05) is 31.3 Å². The number of aryl methyl sites for hydroxylation is 1. The standard InChI is InChI=1S/C24H28F3N3O3S/c1-3-14-29(2)15-4-5-17-33-22-12-13-23-19(18-22)7-6-16-30(23)34(31,32)28-21-10-8-20(9-11-21)24(25,26)27/h3-5,8-13,18,28H,1,6-7,14-17H2,2H3. The number of alkyl halides is 3. The average Bonchev–Trinajstić information content (AvgIpc) is 2.78. The fraction of sp³-hybridized carbons (Fsp3) is 0.333. The van der Waals surface area contributed by atoms with Crippen LogP contribution in [0.25, 0.3) is 0 Å². The third-order valence-corrected chi connectivity index (χ3v) is 6.70. The summed E-state index contributed by atoms with van der Waals surface area (Å²) in [4.78, 5) is 2.09. The largest absolute Gasteiger partial charge is 0.490 e. The van der Waals surface area contributed by atoms with E-state index in [9.17, 15) is 21.6 Å². The first kappa shape index (κ1) is 25.6. The van der Waals surface area contributed by atoms with Gasteiger partial charge in [-0.3, -0.25) is 13.9 Å². The Kier molecular flexibility index (Phi) is 8.27. The van der Waals surface area contributed by atoms with Crippen molar-refractivity contribution in [3.05, 3.63) is 78.4 Å². The molecule has 0 saturated heterocycles. The first-order valence-electron chi connectivity index (χ1n) is 10.8. The molecule has 0 fully saturated rings. The van der Waals surface area contributed by atoms with E-state index in [1.165, 1.54) is 4.31 Å². The molecule has 0 saturated carbocycles. The Morgan fingerprint density at radius 1 is 1.15 bits per heavy atom. The van der Waals surface area contributed by atoms with E-state index in [4.69, 9.17) is 4.74 Å². The van der Waals surface area contributed by atoms with Crippen molar-refractivity contribution in [1.82, 2.24) is 4.90 Å². The van der Waals surface area contributed by atoms with E-state index in [0.29, 0.717) is 30.9 Å². The van der Waals surface area contributed by atoms with Gasteiger partial charge in [0, 0.05) is 19.6 Å². The minimum absolute atomic E-state index is 0.0607. The molecule has 3 rings (SSSR count). The van der Waals surface area contributed by atoms with Crippen LogP contribution in [0.2, 0.25) is 0 Å². The summed E-state index contributed by atoms with van der Waals surface area (Å²) in [5, 5.41) is 0. The van der Waals surface area contributed by atoms with Crippen LogP contribution >= 0.6 is 0 Å². The number of halogens is 3. The van der Waals surface area contributed by atoms with Crippen LogP contribution in [-0.4, -0.2) is 46.6 Å². The molecule has 1 heterocycles. The highest BCUT2D eigenvalue weighted by atomic mass is 32.2. The molecule has 6 nitrogen and oxygen atoms in total. The van der Waals surface area contributed by atoms with E-state index >= 15 is 0 Å². The molecule has 0 amide bonds. The molecule has 1 N–H and O–H groups in total. The van der Waals surface area contributed by atoms with Gasteiger partial charge in [-0.15, -0.1) is 6.58 Å². The highest BCUT2D eigenvalue weighted by Gasteiger charge is 2.31. The van der Waals surface area contributed by atoms with Crippen LogP contribution in [0.4, 0.5) is 24.5 Å². The number of nitrogens with zero attached hydrogens (tertiary/aromatic N) is 2. The number of likely N-dealkylation sites (N-methyl/N-ethyl adjacent to an activating group) is 1. The predicted octanol–water partition coefficient (Wildman–Crippen LogP) is 4.87. The topological polar surface area (TPSA) is 61.9 Å². The molecule has 184 valence electrons. The number of hydrogen-bond acceptors (Lipinski definition) is 4. The maximum Gasteiger partial charge on any atom is 0.416 e. The Morgan fingerprint density at radius 3 is 2.56 bits per heavy atom. The highest BCUT2D eigenvalue weighted by molar-refractivity contribution is 7.94. The van der Waals surface area contributed by atoms with Crippen LogP contribution in [0.1, 0.15) is 17.5 Å². The molecule has 0 spiro atoms. The zero-order chi connectivity index (χ0) is 24.8. The van der Waals surface area contributed by atoms with Gasteiger partial charge in [0.2, 0.25) is 0 Å². The number of anilines is 2. The summed E-state index contributed by atoms with van der Waals surface area (Å²) in [6.07, 6.45) is 2.58. The second-order valence-electron chi connectivity index (χ2n) is 7.94. The number of nitrogens with one attached hydrogen (secondary N) is 1. The molecule has 0 aliphatic carbocycles. The number of fused-ring (bicyclic) bond motifs is 1. The Balaban J connectivity index is 1.66. The average molecular weight is 496 g/mol. The van der Waals surface area contributed by atoms with Crippen molar-refractivity contribution >= 4 is 21.6 Å². The van der Waals surface area contributed by atoms with Crippen LogP contribution in [-0.2, 0) is 22.8 Å². The number of ether oxygens (including phenoxy) is 1. The van der Waals surface area contributed by atoms with Gasteiger partial charge in [0.25, 0.3) is 0 Å². The van der Waals surface area contributed by atoms with E-state index in [0.717, 1.165) is 42.9 Å². The van der Waals surface area contributed by atoms with Crippen LogP contribution in [0.15, 0.2) is 67.3 Å². The normalized spacial score (nSPS) is 14.3. The van der Waals surface area contributed by atoms with Gasteiger partial charge in [0.05, 0.1) is 16.9 Å². The van der Waals surface area contributed by atoms with Crippen molar-refractivity contribution in [2.75, 3.05) is 42.3 Å². The second kappa shape index (κ2) is 11.0. The smallest absolute Gasteiger partial charge is 0.416 e. The van der Waals surface area contributed by atoms with Crippen molar-refractivity contribution in [2.24, 2.45) is 0 Å². The van der Waals surface area contributed by atoms with Crippen LogP contribution < -0.4 is 13.8 Å². The van der Waals surface area contributed by atoms with Crippen LogP contribution in [0.5, 0.6) is 5.75 Å². The van der Waals surface area contributed by atoms with Gasteiger partial charge in [0.1, 0.15) is 12.4 Å². The first-order valence-corrected chi connectivity index (χ1v) is 12.2. The predicted molar refractivity (Wildman–Crippen MR) is 128 cm³/mol. The van der Waals surface area contributed by atoms with Crippen molar-refractivity contribution in [3.8, 4) is 5.75 Å². The fourth-order valence-electron chi connectivity index (χ4n) is 3.57. The molecule has 0 unspecified atom stereocenters. The second-order valence-corrected chi connectivity index (χ2v) is 9.54. The number of rotatable bonds is 10. The molecular weight excluding hydrogens is 467 g/mol. The van der Waals surface area contributed by atoms with Crippen molar-refractivity contribution < 1.29 is 26.3 Å². The molecule has 34 heavy (non-hydrogen) atoms. The number of hydrogen-bond donors (Lipinski definition) is 1. The lowest BCUT2D eigenvalue weighted by Crippen LogP contribution is -2.39. The minimum atomic E-state index is -4.49. The molecule has 0 atom stereocenters. The molecule has 0 aromatic heterocycles. The summed E-state index contributed by atoms with van der Waals surface area (Å²) in [6.45, 7) is 5.93. The Hall–Kier alpha value is -2.98. The van der Waals surface area contributed by atoms with E-state index in [2.05, 4.69) is 16.2 Å². The van der Waals surface area contributed by atoms with E-state index in [-0.39, 0.29) is 12.2 Å². The van der Waals surface area contributed by atoms with Gasteiger partial charge in [-0.1, -0.05) is 18.2 Å². The summed E-state index contributed by atoms with van der Waals surface area (Å²) in [5.74, 6) is 0.637. The molecule has 10 heteroatoms. The van der Waals surface area contributed by atoms with Gasteiger partial charge in [-0.25, -0.2) is 0 Å². The summed E-state index contributed by atoms with van der Waals surface area (Å²) < 4.78 is 73.6. The molecule has 1 aliphatic heterocycles. The van der Waals surface area contributed by atoms with Gasteiger partial charge >= 0.3 is 16.4 Å². The summed E-state index contributed by atoms with van der Waals surface area (Å²) >= 11 is 0. The first-order chi connectivity index (χ1) is 16.1. The zero-order valence-electron chi connectivity index (χ0n) is 18.9. The quantitative estimate of drug-likeness (QED) is 0.478. The molecule has 2 aromatic carbocycles. The highest BCUT2D eigenvalue weighted by Crippen LogP contribution is 2.34. The summed E-state index contributed by atoms with van der Waals surface area (Å²) in [7, 11) is -2.02. The third-order valence-electron chi connectivity index (χ3n) is 5.25. The summed E-state index contributed by atoms with van der Waals surface area (Å²) in [5.41, 5.74) is 0.575. The van der Waals surface area contributed by atoms with Gasteiger partial charge in [-0.2, -0.15) is 21.6 Å². The van der Waals surface area contributed by atoms with Crippen molar-refractivity contribution in [2.45, 2.75) is 19.0 Å². The number of benzene rings is 2. The van der Waals surface area contributed by atoms with E-state index in [1.54, 1.807) is 12.1 Å². The van der Waals surface area contributed by atoms with E-state index < -0.39 is 21.9 Å². The lowest BCUT2D eigenvalue weighted by atomic mass is 10.0. The maximum atomic E-state index is 13.0. The molecule has 2 aromatic rings. The summed E-state index contributed by atoms with van der Waals surface area (Å²) in [6, 6.07) is 9.12. The monoisotopic (exact) mass is 495 g/mol. The molecule has 1 aliphatic rings. The fourth-order valence-corrected chi connectivity index (χ4v) is 4.92. The van der Waals surface area contributed by atoms with Crippen LogP contribution in [0.3, 0.4) is 0 Å². The third kappa shape index (κ3) is 6.77. The maximum absolute atomic E-state index is 13.0. The van der Waals surface area contributed by atoms with Gasteiger partial charge in [0.15, 0.2) is 0 Å².